The van der Waals surface area contributed by atoms with Crippen LogP contribution < -0.4 is 5.73 Å². The molecule has 90 valence electrons. The number of hydrogen-bond donors (Lipinski definition) is 1. The van der Waals surface area contributed by atoms with Gasteiger partial charge in [0, 0.05) is 27.4 Å². The molecule has 1 aliphatic carbocycles. The second-order valence-corrected chi connectivity index (χ2v) is 6.76. The van der Waals surface area contributed by atoms with Crippen LogP contribution in [0.4, 0.5) is 0 Å². The molecule has 4 heteroatoms. The van der Waals surface area contributed by atoms with Crippen LogP contribution in [-0.4, -0.2) is 12.7 Å². The van der Waals surface area contributed by atoms with Crippen LogP contribution in [0.15, 0.2) is 10.5 Å². The number of thiophene rings is 1. The molecule has 1 aliphatic rings. The van der Waals surface area contributed by atoms with Crippen molar-refractivity contribution in [1.82, 2.24) is 0 Å². The van der Waals surface area contributed by atoms with Gasteiger partial charge in [-0.05, 0) is 54.6 Å². The van der Waals surface area contributed by atoms with Crippen molar-refractivity contribution in [3.05, 3.63) is 20.3 Å². The van der Waals surface area contributed by atoms with Crippen molar-refractivity contribution in [1.29, 1.82) is 0 Å². The maximum atomic E-state index is 6.28. The predicted octanol–water partition coefficient (Wildman–Crippen LogP) is 3.78. The van der Waals surface area contributed by atoms with Crippen LogP contribution in [0.2, 0.25) is 0 Å². The molecule has 0 radical (unpaired) electrons. The highest BCUT2D eigenvalue weighted by atomic mass is 79.9. The van der Waals surface area contributed by atoms with E-state index in [9.17, 15) is 0 Å². The Labute approximate surface area is 109 Å². The third-order valence-corrected chi connectivity index (χ3v) is 5.56. The van der Waals surface area contributed by atoms with Crippen molar-refractivity contribution in [3.63, 3.8) is 0 Å². The van der Waals surface area contributed by atoms with Gasteiger partial charge in [0.05, 0.1) is 5.60 Å². The molecule has 1 saturated carbocycles. The molecule has 1 aromatic heterocycles. The molecule has 1 unspecified atom stereocenters. The zero-order chi connectivity index (χ0) is 11.8. The molecule has 0 amide bonds. The van der Waals surface area contributed by atoms with Crippen molar-refractivity contribution in [2.24, 2.45) is 5.73 Å². The van der Waals surface area contributed by atoms with Crippen LogP contribution in [0, 0.1) is 6.92 Å². The summed E-state index contributed by atoms with van der Waals surface area (Å²) < 4.78 is 6.77. The highest BCUT2D eigenvalue weighted by Gasteiger charge is 2.39. The minimum atomic E-state index is 0.0523. The minimum absolute atomic E-state index is 0.0523. The van der Waals surface area contributed by atoms with Crippen molar-refractivity contribution in [3.8, 4) is 0 Å². The number of rotatable bonds is 4. The summed E-state index contributed by atoms with van der Waals surface area (Å²) >= 11 is 5.36. The summed E-state index contributed by atoms with van der Waals surface area (Å²) in [5, 5.41) is 0. The van der Waals surface area contributed by atoms with Gasteiger partial charge in [-0.3, -0.25) is 0 Å². The van der Waals surface area contributed by atoms with Crippen LogP contribution in [0.3, 0.4) is 0 Å². The zero-order valence-corrected chi connectivity index (χ0v) is 12.2. The second-order valence-electron chi connectivity index (χ2n) is 4.62. The van der Waals surface area contributed by atoms with Crippen molar-refractivity contribution >= 4 is 27.3 Å². The monoisotopic (exact) mass is 303 g/mol. The Morgan fingerprint density at radius 3 is 2.69 bits per heavy atom. The van der Waals surface area contributed by atoms with Gasteiger partial charge in [-0.1, -0.05) is 0 Å². The van der Waals surface area contributed by atoms with Gasteiger partial charge in [-0.25, -0.2) is 0 Å². The van der Waals surface area contributed by atoms with Crippen LogP contribution >= 0.6 is 27.3 Å². The van der Waals surface area contributed by atoms with Crippen LogP contribution in [0.5, 0.6) is 0 Å². The highest BCUT2D eigenvalue weighted by molar-refractivity contribution is 9.10. The smallest absolute Gasteiger partial charge is 0.0697 e. The average molecular weight is 304 g/mol. The van der Waals surface area contributed by atoms with E-state index in [2.05, 4.69) is 28.9 Å². The van der Waals surface area contributed by atoms with E-state index < -0.39 is 0 Å². The van der Waals surface area contributed by atoms with Crippen molar-refractivity contribution < 1.29 is 4.74 Å². The van der Waals surface area contributed by atoms with Gasteiger partial charge in [0.1, 0.15) is 0 Å². The summed E-state index contributed by atoms with van der Waals surface area (Å²) in [6, 6.07) is 2.23. The number of hydrogen-bond acceptors (Lipinski definition) is 3. The number of nitrogens with two attached hydrogens (primary N) is 1. The van der Waals surface area contributed by atoms with Gasteiger partial charge in [0.15, 0.2) is 0 Å². The first kappa shape index (κ1) is 12.6. The lowest BCUT2D eigenvalue weighted by molar-refractivity contribution is -0.0815. The SMILES string of the molecule is COC1(CC(N)c2sc(C)cc2Br)CCC1. The van der Waals surface area contributed by atoms with E-state index in [1.165, 1.54) is 16.2 Å². The van der Waals surface area contributed by atoms with E-state index in [0.29, 0.717) is 0 Å². The van der Waals surface area contributed by atoms with Crippen LogP contribution in [-0.2, 0) is 4.74 Å². The maximum absolute atomic E-state index is 6.28. The third kappa shape index (κ3) is 2.35. The van der Waals surface area contributed by atoms with E-state index in [1.54, 1.807) is 18.4 Å². The Hall–Kier alpha value is 0.100. The van der Waals surface area contributed by atoms with Crippen LogP contribution in [0.25, 0.3) is 0 Å². The van der Waals surface area contributed by atoms with Crippen LogP contribution in [0.1, 0.15) is 41.5 Å². The molecule has 2 nitrogen and oxygen atoms in total. The molecule has 0 spiro atoms. The Morgan fingerprint density at radius 1 is 1.62 bits per heavy atom. The molecule has 1 aromatic rings. The standard InChI is InChI=1S/C12H18BrNOS/c1-8-6-9(13)11(16-8)10(14)7-12(15-2)4-3-5-12/h6,10H,3-5,7,14H2,1-2H3. The van der Waals surface area contributed by atoms with E-state index in [-0.39, 0.29) is 11.6 Å². The molecular formula is C12H18BrNOS. The highest BCUT2D eigenvalue weighted by Crippen LogP contribution is 2.43. The van der Waals surface area contributed by atoms with Gasteiger partial charge in [-0.2, -0.15) is 0 Å². The first-order valence-corrected chi connectivity index (χ1v) is 7.24. The topological polar surface area (TPSA) is 35.2 Å². The summed E-state index contributed by atoms with van der Waals surface area (Å²) in [6.07, 6.45) is 4.51. The number of methoxy groups -OCH3 is 1. The van der Waals surface area contributed by atoms with Gasteiger partial charge < -0.3 is 10.5 Å². The average Bonchev–Trinajstić information content (AvgIpc) is 2.51. The molecule has 16 heavy (non-hydrogen) atoms. The lowest BCUT2D eigenvalue weighted by Crippen LogP contribution is -2.41. The van der Waals surface area contributed by atoms with Gasteiger partial charge >= 0.3 is 0 Å². The van der Waals surface area contributed by atoms with Gasteiger partial charge in [0.25, 0.3) is 0 Å². The summed E-state index contributed by atoms with van der Waals surface area (Å²) in [6.45, 7) is 2.11. The molecule has 0 bridgehead atoms. The fourth-order valence-electron chi connectivity index (χ4n) is 2.31. The molecular weight excluding hydrogens is 286 g/mol. The zero-order valence-electron chi connectivity index (χ0n) is 9.75. The Bertz CT molecular complexity index is 368. The first-order chi connectivity index (χ1) is 7.56. The number of aryl methyl sites for hydroxylation is 1. The molecule has 1 atom stereocenters. The Kier molecular flexibility index (Phi) is 3.74. The summed E-state index contributed by atoms with van der Waals surface area (Å²) in [7, 11) is 1.81. The molecule has 1 heterocycles. The van der Waals surface area contributed by atoms with Gasteiger partial charge in [0.2, 0.25) is 0 Å². The summed E-state index contributed by atoms with van der Waals surface area (Å²) in [5.41, 5.74) is 6.33. The van der Waals surface area contributed by atoms with E-state index in [4.69, 9.17) is 10.5 Å². The fraction of sp³-hybridized carbons (Fsp3) is 0.667. The molecule has 2 N–H and O–H groups in total. The quantitative estimate of drug-likeness (QED) is 0.919. The molecule has 1 fully saturated rings. The fourth-order valence-corrected chi connectivity index (χ4v) is 4.26. The third-order valence-electron chi connectivity index (χ3n) is 3.46. The van der Waals surface area contributed by atoms with E-state index in [1.807, 2.05) is 0 Å². The van der Waals surface area contributed by atoms with Crippen molar-refractivity contribution in [2.45, 2.75) is 44.2 Å². The lowest BCUT2D eigenvalue weighted by Gasteiger charge is -2.42. The predicted molar refractivity (Wildman–Crippen MR) is 71.9 cm³/mol. The lowest BCUT2D eigenvalue weighted by atomic mass is 9.75. The molecule has 0 aliphatic heterocycles. The number of halogens is 1. The minimum Gasteiger partial charge on any atom is -0.378 e. The van der Waals surface area contributed by atoms with E-state index >= 15 is 0 Å². The second kappa shape index (κ2) is 4.77. The molecule has 2 rings (SSSR count). The maximum Gasteiger partial charge on any atom is 0.0697 e. The van der Waals surface area contributed by atoms with Gasteiger partial charge in [-0.15, -0.1) is 11.3 Å². The number of ether oxygens (including phenoxy) is 1. The van der Waals surface area contributed by atoms with Crippen molar-refractivity contribution in [2.75, 3.05) is 7.11 Å². The molecule has 0 aromatic carbocycles. The summed E-state index contributed by atoms with van der Waals surface area (Å²) in [5.74, 6) is 0. The first-order valence-electron chi connectivity index (χ1n) is 5.63. The normalized spacial score (nSPS) is 20.5. The molecule has 0 saturated heterocycles. The Morgan fingerprint density at radius 2 is 2.31 bits per heavy atom. The largest absolute Gasteiger partial charge is 0.378 e. The van der Waals surface area contributed by atoms with E-state index in [0.717, 1.165) is 23.7 Å². The Balaban J connectivity index is 2.07. The summed E-state index contributed by atoms with van der Waals surface area (Å²) in [4.78, 5) is 2.55.